The second-order valence-electron chi connectivity index (χ2n) is 5.66. The summed E-state index contributed by atoms with van der Waals surface area (Å²) in [5.74, 6) is 0.579. The van der Waals surface area contributed by atoms with E-state index >= 15 is 0 Å². The number of rotatable bonds is 4. The zero-order valence-electron chi connectivity index (χ0n) is 12.4. The molecule has 6 heteroatoms. The molecular formula is C15H19ClN2O3. The second-order valence-corrected chi connectivity index (χ2v) is 6.06. The van der Waals surface area contributed by atoms with Crippen molar-refractivity contribution >= 4 is 23.2 Å². The van der Waals surface area contributed by atoms with Gasteiger partial charge in [-0.3, -0.25) is 4.79 Å². The molecule has 114 valence electrons. The third-order valence-corrected chi connectivity index (χ3v) is 3.44. The SMILES string of the molecule is COc1ccc(C2=NN(CC(C)(C)O)C(=O)CC2)c(Cl)c1. The molecule has 1 aliphatic rings. The topological polar surface area (TPSA) is 62.1 Å². The number of benzene rings is 1. The van der Waals surface area contributed by atoms with Gasteiger partial charge < -0.3 is 9.84 Å². The van der Waals surface area contributed by atoms with Crippen LogP contribution in [-0.4, -0.2) is 41.0 Å². The molecule has 5 nitrogen and oxygen atoms in total. The van der Waals surface area contributed by atoms with Crippen LogP contribution >= 0.6 is 11.6 Å². The highest BCUT2D eigenvalue weighted by molar-refractivity contribution is 6.34. The van der Waals surface area contributed by atoms with Crippen molar-refractivity contribution in [1.29, 1.82) is 0 Å². The Balaban J connectivity index is 2.30. The van der Waals surface area contributed by atoms with Crippen LogP contribution in [0.5, 0.6) is 5.75 Å². The average molecular weight is 311 g/mol. The fraction of sp³-hybridized carbons (Fsp3) is 0.467. The molecule has 0 atom stereocenters. The molecule has 1 amide bonds. The van der Waals surface area contributed by atoms with Crippen LogP contribution in [0.3, 0.4) is 0 Å². The number of amides is 1. The quantitative estimate of drug-likeness (QED) is 0.929. The zero-order chi connectivity index (χ0) is 15.6. The third kappa shape index (κ3) is 3.95. The van der Waals surface area contributed by atoms with E-state index in [2.05, 4.69) is 5.10 Å². The van der Waals surface area contributed by atoms with Crippen LogP contribution in [0.2, 0.25) is 5.02 Å². The smallest absolute Gasteiger partial charge is 0.243 e. The number of hydrazone groups is 1. The average Bonchev–Trinajstić information content (AvgIpc) is 2.40. The van der Waals surface area contributed by atoms with Gasteiger partial charge in [-0.1, -0.05) is 11.6 Å². The van der Waals surface area contributed by atoms with Crippen molar-refractivity contribution in [3.63, 3.8) is 0 Å². The summed E-state index contributed by atoms with van der Waals surface area (Å²) in [6.07, 6.45) is 0.893. The molecule has 0 spiro atoms. The van der Waals surface area contributed by atoms with Gasteiger partial charge in [0.05, 0.1) is 30.0 Å². The maximum atomic E-state index is 11.9. The lowest BCUT2D eigenvalue weighted by Crippen LogP contribution is -2.41. The van der Waals surface area contributed by atoms with Gasteiger partial charge in [-0.25, -0.2) is 5.01 Å². The van der Waals surface area contributed by atoms with Gasteiger partial charge in [0.2, 0.25) is 5.91 Å². The van der Waals surface area contributed by atoms with Crippen molar-refractivity contribution in [1.82, 2.24) is 5.01 Å². The number of carbonyl (C=O) groups is 1. The number of methoxy groups -OCH3 is 1. The van der Waals surface area contributed by atoms with Gasteiger partial charge in [-0.2, -0.15) is 5.10 Å². The van der Waals surface area contributed by atoms with Crippen LogP contribution in [-0.2, 0) is 4.79 Å². The molecule has 0 unspecified atom stereocenters. The number of nitrogens with zero attached hydrogens (tertiary/aromatic N) is 2. The number of aliphatic hydroxyl groups is 1. The maximum absolute atomic E-state index is 11.9. The van der Waals surface area contributed by atoms with Gasteiger partial charge in [0.25, 0.3) is 0 Å². The summed E-state index contributed by atoms with van der Waals surface area (Å²) >= 11 is 6.25. The summed E-state index contributed by atoms with van der Waals surface area (Å²) in [6.45, 7) is 3.44. The van der Waals surface area contributed by atoms with E-state index in [-0.39, 0.29) is 12.5 Å². The van der Waals surface area contributed by atoms with Crippen LogP contribution in [0, 0.1) is 0 Å². The van der Waals surface area contributed by atoms with Crippen molar-refractivity contribution in [3.05, 3.63) is 28.8 Å². The van der Waals surface area contributed by atoms with Gasteiger partial charge in [0.15, 0.2) is 0 Å². The van der Waals surface area contributed by atoms with Crippen LogP contribution in [0.25, 0.3) is 0 Å². The van der Waals surface area contributed by atoms with E-state index in [9.17, 15) is 9.90 Å². The largest absolute Gasteiger partial charge is 0.497 e. The standard InChI is InChI=1S/C15H19ClN2O3/c1-15(2,20)9-18-14(19)7-6-13(17-18)11-5-4-10(21-3)8-12(11)16/h4-5,8,20H,6-7,9H2,1-3H3. The van der Waals surface area contributed by atoms with E-state index in [4.69, 9.17) is 16.3 Å². The summed E-state index contributed by atoms with van der Waals surface area (Å²) in [5.41, 5.74) is 0.530. The van der Waals surface area contributed by atoms with E-state index in [1.165, 1.54) is 5.01 Å². The highest BCUT2D eigenvalue weighted by Crippen LogP contribution is 2.26. The summed E-state index contributed by atoms with van der Waals surface area (Å²) < 4.78 is 5.12. The molecule has 0 fully saturated rings. The van der Waals surface area contributed by atoms with E-state index < -0.39 is 5.60 Å². The van der Waals surface area contributed by atoms with Crippen LogP contribution in [0.15, 0.2) is 23.3 Å². The van der Waals surface area contributed by atoms with Crippen LogP contribution < -0.4 is 4.74 Å². The molecule has 1 heterocycles. The summed E-state index contributed by atoms with van der Waals surface area (Å²) in [5, 5.41) is 16.1. The Bertz CT molecular complexity index is 579. The molecule has 1 aromatic rings. The highest BCUT2D eigenvalue weighted by Gasteiger charge is 2.27. The first-order valence-electron chi connectivity index (χ1n) is 6.74. The first-order valence-corrected chi connectivity index (χ1v) is 7.12. The summed E-state index contributed by atoms with van der Waals surface area (Å²) in [7, 11) is 1.58. The van der Waals surface area contributed by atoms with E-state index in [1.807, 2.05) is 6.07 Å². The van der Waals surface area contributed by atoms with Crippen molar-refractivity contribution in [3.8, 4) is 5.75 Å². The van der Waals surface area contributed by atoms with Crippen molar-refractivity contribution in [2.75, 3.05) is 13.7 Å². The molecule has 1 aliphatic heterocycles. The molecule has 21 heavy (non-hydrogen) atoms. The van der Waals surface area contributed by atoms with Gasteiger partial charge in [0, 0.05) is 18.4 Å². The Hall–Kier alpha value is -1.59. The Kier molecular flexibility index (Phi) is 4.54. The lowest BCUT2D eigenvalue weighted by molar-refractivity contribution is -0.134. The predicted octanol–water partition coefficient (Wildman–Crippen LogP) is 2.45. The van der Waals surface area contributed by atoms with E-state index in [0.717, 1.165) is 11.3 Å². The first-order chi connectivity index (χ1) is 9.80. The molecule has 0 aromatic heterocycles. The lowest BCUT2D eigenvalue weighted by Gasteiger charge is -2.29. The number of carbonyl (C=O) groups excluding carboxylic acids is 1. The molecule has 0 aliphatic carbocycles. The maximum Gasteiger partial charge on any atom is 0.243 e. The molecule has 0 saturated carbocycles. The molecule has 1 aromatic carbocycles. The third-order valence-electron chi connectivity index (χ3n) is 3.13. The van der Waals surface area contributed by atoms with Crippen LogP contribution in [0.4, 0.5) is 0 Å². The number of halogens is 1. The number of ether oxygens (including phenoxy) is 1. The van der Waals surface area contributed by atoms with Crippen molar-refractivity contribution in [2.24, 2.45) is 5.10 Å². The molecular weight excluding hydrogens is 292 g/mol. The Morgan fingerprint density at radius 2 is 2.14 bits per heavy atom. The molecule has 2 rings (SSSR count). The van der Waals surface area contributed by atoms with Gasteiger partial charge >= 0.3 is 0 Å². The fourth-order valence-electron chi connectivity index (χ4n) is 2.14. The lowest BCUT2D eigenvalue weighted by atomic mass is 10.0. The minimum absolute atomic E-state index is 0.0921. The number of hydrogen-bond donors (Lipinski definition) is 1. The van der Waals surface area contributed by atoms with Crippen molar-refractivity contribution in [2.45, 2.75) is 32.3 Å². The summed E-state index contributed by atoms with van der Waals surface area (Å²) in [4.78, 5) is 11.9. The normalized spacial score (nSPS) is 16.0. The van der Waals surface area contributed by atoms with Crippen molar-refractivity contribution < 1.29 is 14.6 Å². The molecule has 0 bridgehead atoms. The van der Waals surface area contributed by atoms with E-state index in [0.29, 0.717) is 23.6 Å². The first kappa shape index (κ1) is 15.8. The fourth-order valence-corrected chi connectivity index (χ4v) is 2.42. The molecule has 0 radical (unpaired) electrons. The van der Waals surface area contributed by atoms with Gasteiger partial charge in [-0.15, -0.1) is 0 Å². The Morgan fingerprint density at radius 1 is 1.43 bits per heavy atom. The number of hydrogen-bond acceptors (Lipinski definition) is 4. The monoisotopic (exact) mass is 310 g/mol. The summed E-state index contributed by atoms with van der Waals surface area (Å²) in [6, 6.07) is 5.36. The minimum atomic E-state index is -0.995. The zero-order valence-corrected chi connectivity index (χ0v) is 13.1. The Labute approximate surface area is 129 Å². The van der Waals surface area contributed by atoms with Gasteiger partial charge in [0.1, 0.15) is 5.75 Å². The molecule has 0 saturated heterocycles. The second kappa shape index (κ2) is 6.03. The highest BCUT2D eigenvalue weighted by atomic mass is 35.5. The predicted molar refractivity (Wildman–Crippen MR) is 81.8 cm³/mol. The van der Waals surface area contributed by atoms with Crippen LogP contribution in [0.1, 0.15) is 32.3 Å². The number of β-amino-alcohol motifs (C(OH)–C–C–N with tert-alkyl or cyclic N) is 1. The Morgan fingerprint density at radius 3 is 2.71 bits per heavy atom. The molecule has 1 N–H and O–H groups in total. The van der Waals surface area contributed by atoms with E-state index in [1.54, 1.807) is 33.1 Å². The minimum Gasteiger partial charge on any atom is -0.497 e. The van der Waals surface area contributed by atoms with Gasteiger partial charge in [-0.05, 0) is 32.0 Å².